The first-order chi connectivity index (χ1) is 8.11. The molecule has 1 aliphatic heterocycles. The average molecular weight is 300 g/mol. The van der Waals surface area contributed by atoms with E-state index in [1.807, 2.05) is 13.8 Å². The number of hydrogen-bond donors (Lipinski definition) is 0. The summed E-state index contributed by atoms with van der Waals surface area (Å²) < 4.78 is 6.39. The van der Waals surface area contributed by atoms with Gasteiger partial charge in [-0.15, -0.1) is 0 Å². The Kier molecular flexibility index (Phi) is 3.99. The van der Waals surface area contributed by atoms with E-state index in [1.54, 1.807) is 7.11 Å². The Hall–Kier alpha value is -0.680. The van der Waals surface area contributed by atoms with Crippen molar-refractivity contribution in [2.75, 3.05) is 25.1 Å². The molecule has 2 rings (SSSR count). The summed E-state index contributed by atoms with van der Waals surface area (Å²) in [6.45, 7) is 5.93. The van der Waals surface area contributed by atoms with E-state index in [0.717, 1.165) is 47.7 Å². The zero-order valence-electron chi connectivity index (χ0n) is 10.5. The normalized spacial score (nSPS) is 17.5. The van der Waals surface area contributed by atoms with Crippen LogP contribution < -0.4 is 4.90 Å². The van der Waals surface area contributed by atoms with Crippen LogP contribution in [-0.2, 0) is 4.74 Å². The smallest absolute Gasteiger partial charge is 0.146 e. The minimum atomic E-state index is 0.397. The Bertz CT molecular complexity index is 403. The lowest BCUT2D eigenvalue weighted by molar-refractivity contribution is 0.0817. The van der Waals surface area contributed by atoms with Gasteiger partial charge in [0.25, 0.3) is 0 Å². The highest BCUT2D eigenvalue weighted by molar-refractivity contribution is 9.10. The summed E-state index contributed by atoms with van der Waals surface area (Å²) >= 11 is 3.58. The van der Waals surface area contributed by atoms with Crippen LogP contribution >= 0.6 is 15.9 Å². The Morgan fingerprint density at radius 1 is 1.24 bits per heavy atom. The van der Waals surface area contributed by atoms with Gasteiger partial charge in [0, 0.05) is 20.2 Å². The molecule has 0 N–H and O–H groups in total. The number of anilines is 1. The third kappa shape index (κ3) is 2.77. The molecule has 5 heteroatoms. The Balaban J connectivity index is 2.18. The van der Waals surface area contributed by atoms with Gasteiger partial charge in [0.15, 0.2) is 0 Å². The summed E-state index contributed by atoms with van der Waals surface area (Å²) in [7, 11) is 1.79. The van der Waals surface area contributed by atoms with Gasteiger partial charge in [0.05, 0.1) is 16.3 Å². The summed E-state index contributed by atoms with van der Waals surface area (Å²) in [6.07, 6.45) is 2.52. The third-order valence-corrected chi connectivity index (χ3v) is 4.11. The molecule has 17 heavy (non-hydrogen) atoms. The molecular weight excluding hydrogens is 282 g/mol. The molecule has 0 unspecified atom stereocenters. The van der Waals surface area contributed by atoms with Gasteiger partial charge >= 0.3 is 0 Å². The molecule has 0 atom stereocenters. The largest absolute Gasteiger partial charge is 0.381 e. The van der Waals surface area contributed by atoms with Crippen molar-refractivity contribution in [2.45, 2.75) is 32.8 Å². The van der Waals surface area contributed by atoms with Crippen molar-refractivity contribution >= 4 is 21.7 Å². The fraction of sp³-hybridized carbons (Fsp3) is 0.667. The van der Waals surface area contributed by atoms with E-state index in [1.165, 1.54) is 0 Å². The molecule has 94 valence electrons. The molecule has 0 amide bonds. The average Bonchev–Trinajstić information content (AvgIpc) is 2.34. The van der Waals surface area contributed by atoms with Gasteiger partial charge in [-0.2, -0.15) is 0 Å². The van der Waals surface area contributed by atoms with Crippen LogP contribution in [0.25, 0.3) is 0 Å². The maximum Gasteiger partial charge on any atom is 0.146 e. The maximum atomic E-state index is 5.38. The highest BCUT2D eigenvalue weighted by Crippen LogP contribution is 2.29. The quantitative estimate of drug-likeness (QED) is 0.841. The van der Waals surface area contributed by atoms with Crippen LogP contribution in [-0.4, -0.2) is 36.3 Å². The first kappa shape index (κ1) is 12.8. The van der Waals surface area contributed by atoms with Crippen molar-refractivity contribution < 1.29 is 4.74 Å². The highest BCUT2D eigenvalue weighted by atomic mass is 79.9. The number of ether oxygens (including phenoxy) is 1. The first-order valence-corrected chi connectivity index (χ1v) is 6.69. The van der Waals surface area contributed by atoms with Gasteiger partial charge < -0.3 is 9.64 Å². The van der Waals surface area contributed by atoms with E-state index >= 15 is 0 Å². The van der Waals surface area contributed by atoms with E-state index in [2.05, 4.69) is 30.8 Å². The van der Waals surface area contributed by atoms with Gasteiger partial charge in [-0.25, -0.2) is 9.97 Å². The minimum Gasteiger partial charge on any atom is -0.381 e. The van der Waals surface area contributed by atoms with E-state index in [0.29, 0.717) is 6.10 Å². The maximum absolute atomic E-state index is 5.38. The first-order valence-electron chi connectivity index (χ1n) is 5.90. The number of halogens is 1. The van der Waals surface area contributed by atoms with E-state index in [9.17, 15) is 0 Å². The second-order valence-corrected chi connectivity index (χ2v) is 5.21. The molecule has 0 bridgehead atoms. The summed E-state index contributed by atoms with van der Waals surface area (Å²) in [6, 6.07) is 0. The van der Waals surface area contributed by atoms with Crippen LogP contribution in [0.1, 0.15) is 24.4 Å². The zero-order valence-corrected chi connectivity index (χ0v) is 12.1. The van der Waals surface area contributed by atoms with Crippen molar-refractivity contribution in [1.29, 1.82) is 0 Å². The number of rotatable bonds is 2. The Morgan fingerprint density at radius 2 is 1.88 bits per heavy atom. The fourth-order valence-electron chi connectivity index (χ4n) is 2.19. The van der Waals surface area contributed by atoms with Crippen LogP contribution in [0.15, 0.2) is 4.47 Å². The molecule has 0 saturated carbocycles. The molecule has 0 aliphatic carbocycles. The van der Waals surface area contributed by atoms with Crippen LogP contribution in [0.2, 0.25) is 0 Å². The van der Waals surface area contributed by atoms with Gasteiger partial charge in [0.1, 0.15) is 11.6 Å². The number of aromatic nitrogens is 2. The number of piperidine rings is 1. The van der Waals surface area contributed by atoms with E-state index in [-0.39, 0.29) is 0 Å². The van der Waals surface area contributed by atoms with Crippen LogP contribution in [0, 0.1) is 13.8 Å². The predicted molar refractivity (Wildman–Crippen MR) is 71.5 cm³/mol. The van der Waals surface area contributed by atoms with Crippen molar-refractivity contribution in [1.82, 2.24) is 9.97 Å². The van der Waals surface area contributed by atoms with E-state index < -0.39 is 0 Å². The molecule has 1 aromatic rings. The Morgan fingerprint density at radius 3 is 2.47 bits per heavy atom. The molecular formula is C12H18BrN3O. The molecule has 0 radical (unpaired) electrons. The summed E-state index contributed by atoms with van der Waals surface area (Å²) in [4.78, 5) is 11.2. The van der Waals surface area contributed by atoms with Crippen molar-refractivity contribution in [3.05, 3.63) is 16.0 Å². The van der Waals surface area contributed by atoms with E-state index in [4.69, 9.17) is 4.74 Å². The van der Waals surface area contributed by atoms with Gasteiger partial charge in [0.2, 0.25) is 0 Å². The summed E-state index contributed by atoms with van der Waals surface area (Å²) in [5, 5.41) is 0. The molecule has 0 spiro atoms. The second kappa shape index (κ2) is 5.31. The fourth-order valence-corrected chi connectivity index (χ4v) is 2.62. The van der Waals surface area contributed by atoms with Crippen LogP contribution in [0.5, 0.6) is 0 Å². The van der Waals surface area contributed by atoms with Gasteiger partial charge in [-0.3, -0.25) is 0 Å². The van der Waals surface area contributed by atoms with Crippen molar-refractivity contribution in [3.8, 4) is 0 Å². The zero-order chi connectivity index (χ0) is 12.4. The second-order valence-electron chi connectivity index (χ2n) is 4.42. The molecule has 4 nitrogen and oxygen atoms in total. The minimum absolute atomic E-state index is 0.397. The molecule has 2 heterocycles. The highest BCUT2D eigenvalue weighted by Gasteiger charge is 2.22. The summed E-state index contributed by atoms with van der Waals surface area (Å²) in [5.74, 6) is 1.85. The van der Waals surface area contributed by atoms with Crippen LogP contribution in [0.3, 0.4) is 0 Å². The number of aryl methyl sites for hydroxylation is 2. The lowest BCUT2D eigenvalue weighted by Crippen LogP contribution is -2.37. The topological polar surface area (TPSA) is 38.2 Å². The monoisotopic (exact) mass is 299 g/mol. The lowest BCUT2D eigenvalue weighted by atomic mass is 10.1. The van der Waals surface area contributed by atoms with Crippen LogP contribution in [0.4, 0.5) is 5.82 Å². The molecule has 1 aromatic heterocycles. The number of nitrogens with zero attached hydrogens (tertiary/aromatic N) is 3. The van der Waals surface area contributed by atoms with Gasteiger partial charge in [-0.05, 0) is 42.6 Å². The molecule has 1 aliphatic rings. The Labute approximate surface area is 111 Å². The SMILES string of the molecule is COC1CCN(c2nc(C)nc(C)c2Br)CC1. The number of hydrogen-bond acceptors (Lipinski definition) is 4. The van der Waals surface area contributed by atoms with Crippen molar-refractivity contribution in [2.24, 2.45) is 0 Å². The van der Waals surface area contributed by atoms with Gasteiger partial charge in [-0.1, -0.05) is 0 Å². The summed E-state index contributed by atoms with van der Waals surface area (Å²) in [5.41, 5.74) is 1.00. The molecule has 1 fully saturated rings. The van der Waals surface area contributed by atoms with Crippen molar-refractivity contribution in [3.63, 3.8) is 0 Å². The molecule has 0 aromatic carbocycles. The standard InChI is InChI=1S/C12H18BrN3O/c1-8-11(13)12(15-9(2)14-8)16-6-4-10(17-3)5-7-16/h10H,4-7H2,1-3H3. The molecule has 1 saturated heterocycles. The number of methoxy groups -OCH3 is 1. The predicted octanol–water partition coefficient (Wildman–Crippen LogP) is 2.47. The lowest BCUT2D eigenvalue weighted by Gasteiger charge is -2.32. The third-order valence-electron chi connectivity index (χ3n) is 3.19.